The highest BCUT2D eigenvalue weighted by molar-refractivity contribution is 7.89. The maximum atomic E-state index is 12.3. The summed E-state index contributed by atoms with van der Waals surface area (Å²) in [4.78, 5) is 0.195. The van der Waals surface area contributed by atoms with E-state index in [1.807, 2.05) is 0 Å². The third kappa shape index (κ3) is 3.96. The number of aryl methyl sites for hydroxylation is 1. The highest BCUT2D eigenvalue weighted by Gasteiger charge is 2.30. The molecule has 21 heavy (non-hydrogen) atoms. The fourth-order valence-corrected chi connectivity index (χ4v) is 3.92. The Morgan fingerprint density at radius 3 is 2.52 bits per heavy atom. The van der Waals surface area contributed by atoms with Crippen LogP contribution in [-0.2, 0) is 10.0 Å². The quantitative estimate of drug-likeness (QED) is 0.871. The maximum absolute atomic E-state index is 12.3. The lowest BCUT2D eigenvalue weighted by molar-refractivity contribution is 0.00945. The Bertz CT molecular complexity index is 592. The zero-order chi connectivity index (χ0) is 15.5. The van der Waals surface area contributed by atoms with E-state index < -0.39 is 15.6 Å². The molecular weight excluding hydrogens is 290 g/mol. The number of hydrogen-bond donors (Lipinski definition) is 2. The predicted octanol–water partition coefficient (Wildman–Crippen LogP) is 1.98. The van der Waals surface area contributed by atoms with Crippen molar-refractivity contribution in [2.24, 2.45) is 0 Å². The molecule has 1 aromatic rings. The molecule has 2 N–H and O–H groups in total. The third-order valence-corrected chi connectivity index (χ3v) is 5.45. The Labute approximate surface area is 126 Å². The zero-order valence-electron chi connectivity index (χ0n) is 12.6. The molecule has 0 spiro atoms. The summed E-state index contributed by atoms with van der Waals surface area (Å²) in [5.41, 5.74) is -0.149. The summed E-state index contributed by atoms with van der Waals surface area (Å²) in [6.45, 7) is 1.87. The summed E-state index contributed by atoms with van der Waals surface area (Å²) < 4.78 is 32.3. The van der Waals surface area contributed by atoms with Crippen LogP contribution in [-0.4, -0.2) is 32.8 Å². The van der Waals surface area contributed by atoms with Crippen LogP contribution in [0.25, 0.3) is 0 Å². The van der Waals surface area contributed by atoms with E-state index >= 15 is 0 Å². The van der Waals surface area contributed by atoms with Crippen LogP contribution in [0.4, 0.5) is 0 Å². The average Bonchev–Trinajstić information content (AvgIpc) is 2.46. The second-order valence-corrected chi connectivity index (χ2v) is 7.51. The molecule has 0 aliphatic heterocycles. The van der Waals surface area contributed by atoms with E-state index in [9.17, 15) is 13.5 Å². The predicted molar refractivity (Wildman–Crippen MR) is 81.0 cm³/mol. The normalized spacial score (nSPS) is 18.4. The van der Waals surface area contributed by atoms with Gasteiger partial charge in [0.25, 0.3) is 0 Å². The summed E-state index contributed by atoms with van der Waals surface area (Å²) in [7, 11) is -2.06. The first kappa shape index (κ1) is 16.3. The van der Waals surface area contributed by atoms with Gasteiger partial charge < -0.3 is 9.84 Å². The number of hydrogen-bond acceptors (Lipinski definition) is 4. The first-order chi connectivity index (χ1) is 9.86. The van der Waals surface area contributed by atoms with Crippen LogP contribution < -0.4 is 9.46 Å². The van der Waals surface area contributed by atoms with E-state index in [1.54, 1.807) is 26.2 Å². The van der Waals surface area contributed by atoms with Crippen molar-refractivity contribution in [3.05, 3.63) is 23.8 Å². The van der Waals surface area contributed by atoms with Gasteiger partial charge in [-0.2, -0.15) is 0 Å². The molecular formula is C15H23NO4S. The van der Waals surface area contributed by atoms with Gasteiger partial charge in [0.05, 0.1) is 17.6 Å². The molecule has 6 heteroatoms. The highest BCUT2D eigenvalue weighted by atomic mass is 32.2. The number of sulfonamides is 1. The standard InChI is InChI=1S/C15H23NO4S/c1-12-10-13(6-7-14(12)20-2)21(18,19)16-11-15(17)8-4-3-5-9-15/h6-7,10,16-17H,3-5,8-9,11H2,1-2H3. The van der Waals surface area contributed by atoms with Gasteiger partial charge in [0, 0.05) is 6.54 Å². The van der Waals surface area contributed by atoms with Gasteiger partial charge in [0.1, 0.15) is 5.75 Å². The number of benzene rings is 1. The Morgan fingerprint density at radius 2 is 1.95 bits per heavy atom. The summed E-state index contributed by atoms with van der Waals surface area (Å²) in [6.07, 6.45) is 4.29. The number of ether oxygens (including phenoxy) is 1. The Morgan fingerprint density at radius 1 is 1.29 bits per heavy atom. The minimum absolute atomic E-state index is 0.0699. The summed E-state index contributed by atoms with van der Waals surface area (Å²) in [5, 5.41) is 10.4. The molecule has 1 aliphatic rings. The summed E-state index contributed by atoms with van der Waals surface area (Å²) in [6, 6.07) is 4.73. The van der Waals surface area contributed by atoms with E-state index in [-0.39, 0.29) is 11.4 Å². The van der Waals surface area contributed by atoms with Gasteiger partial charge in [-0.3, -0.25) is 0 Å². The van der Waals surface area contributed by atoms with Gasteiger partial charge in [0.2, 0.25) is 10.0 Å². The van der Waals surface area contributed by atoms with Crippen molar-refractivity contribution in [3.8, 4) is 5.75 Å². The lowest BCUT2D eigenvalue weighted by atomic mass is 9.85. The molecule has 0 aromatic heterocycles. The fraction of sp³-hybridized carbons (Fsp3) is 0.600. The molecule has 0 radical (unpaired) electrons. The largest absolute Gasteiger partial charge is 0.496 e. The number of nitrogens with one attached hydrogen (secondary N) is 1. The van der Waals surface area contributed by atoms with Crippen molar-refractivity contribution in [2.75, 3.05) is 13.7 Å². The molecule has 1 saturated carbocycles. The van der Waals surface area contributed by atoms with Gasteiger partial charge in [-0.05, 0) is 43.5 Å². The molecule has 2 rings (SSSR count). The van der Waals surface area contributed by atoms with Crippen LogP contribution in [0.1, 0.15) is 37.7 Å². The molecule has 1 fully saturated rings. The van der Waals surface area contributed by atoms with E-state index in [4.69, 9.17) is 4.74 Å². The molecule has 0 atom stereocenters. The van der Waals surface area contributed by atoms with Crippen LogP contribution >= 0.6 is 0 Å². The van der Waals surface area contributed by atoms with Crippen molar-refractivity contribution in [3.63, 3.8) is 0 Å². The highest BCUT2D eigenvalue weighted by Crippen LogP contribution is 2.28. The fourth-order valence-electron chi connectivity index (χ4n) is 2.72. The topological polar surface area (TPSA) is 75.6 Å². The first-order valence-corrected chi connectivity index (χ1v) is 8.71. The van der Waals surface area contributed by atoms with Crippen LogP contribution in [0.2, 0.25) is 0 Å². The monoisotopic (exact) mass is 313 g/mol. The third-order valence-electron chi connectivity index (χ3n) is 4.05. The molecule has 0 saturated heterocycles. The van der Waals surface area contributed by atoms with Gasteiger partial charge in [-0.1, -0.05) is 19.3 Å². The second kappa shape index (κ2) is 6.34. The molecule has 0 unspecified atom stereocenters. The lowest BCUT2D eigenvalue weighted by Crippen LogP contribution is -2.44. The van der Waals surface area contributed by atoms with Crippen molar-refractivity contribution >= 4 is 10.0 Å². The van der Waals surface area contributed by atoms with Gasteiger partial charge in [-0.25, -0.2) is 13.1 Å². The average molecular weight is 313 g/mol. The van der Waals surface area contributed by atoms with Crippen LogP contribution in [0.3, 0.4) is 0 Å². The van der Waals surface area contributed by atoms with Crippen LogP contribution in [0.15, 0.2) is 23.1 Å². The van der Waals surface area contributed by atoms with E-state index in [0.717, 1.165) is 24.8 Å². The molecule has 5 nitrogen and oxygen atoms in total. The lowest BCUT2D eigenvalue weighted by Gasteiger charge is -2.32. The summed E-state index contributed by atoms with van der Waals surface area (Å²) >= 11 is 0. The Hall–Kier alpha value is -1.11. The minimum Gasteiger partial charge on any atom is -0.496 e. The molecule has 1 aliphatic carbocycles. The molecule has 0 amide bonds. The maximum Gasteiger partial charge on any atom is 0.240 e. The molecule has 118 valence electrons. The zero-order valence-corrected chi connectivity index (χ0v) is 13.4. The summed E-state index contributed by atoms with van der Waals surface area (Å²) in [5.74, 6) is 0.653. The van der Waals surface area contributed by atoms with Gasteiger partial charge in [-0.15, -0.1) is 0 Å². The number of rotatable bonds is 5. The van der Waals surface area contributed by atoms with Crippen LogP contribution in [0, 0.1) is 6.92 Å². The van der Waals surface area contributed by atoms with Crippen LogP contribution in [0.5, 0.6) is 5.75 Å². The molecule has 1 aromatic carbocycles. The minimum atomic E-state index is -3.61. The van der Waals surface area contributed by atoms with Gasteiger partial charge in [0.15, 0.2) is 0 Å². The first-order valence-electron chi connectivity index (χ1n) is 7.23. The number of methoxy groups -OCH3 is 1. The smallest absolute Gasteiger partial charge is 0.240 e. The Balaban J connectivity index is 2.09. The second-order valence-electron chi connectivity index (χ2n) is 5.74. The SMILES string of the molecule is COc1ccc(S(=O)(=O)NCC2(O)CCCCC2)cc1C. The number of aliphatic hydroxyl groups is 1. The van der Waals surface area contributed by atoms with Crippen molar-refractivity contribution in [2.45, 2.75) is 49.5 Å². The van der Waals surface area contributed by atoms with Crippen molar-refractivity contribution in [1.29, 1.82) is 0 Å². The van der Waals surface area contributed by atoms with Crippen molar-refractivity contribution in [1.82, 2.24) is 4.72 Å². The molecule has 0 bridgehead atoms. The molecule has 0 heterocycles. The van der Waals surface area contributed by atoms with Crippen molar-refractivity contribution < 1.29 is 18.3 Å². The van der Waals surface area contributed by atoms with E-state index in [2.05, 4.69) is 4.72 Å². The van der Waals surface area contributed by atoms with Gasteiger partial charge >= 0.3 is 0 Å². The van der Waals surface area contributed by atoms with E-state index in [1.165, 1.54) is 6.07 Å². The Kier molecular flexibility index (Phi) is 4.91. The van der Waals surface area contributed by atoms with E-state index in [0.29, 0.717) is 18.6 Å².